The molecule has 0 radical (unpaired) electrons. The number of aliphatic hydroxyl groups is 1. The Bertz CT molecular complexity index is 277. The van der Waals surface area contributed by atoms with Crippen molar-refractivity contribution in [2.75, 3.05) is 13.1 Å². The normalized spacial score (nSPS) is 38.0. The summed E-state index contributed by atoms with van der Waals surface area (Å²) in [7, 11) is 0. The third-order valence-corrected chi connectivity index (χ3v) is 4.04. The summed E-state index contributed by atoms with van der Waals surface area (Å²) < 4.78 is 0. The molecule has 0 bridgehead atoms. The lowest BCUT2D eigenvalue weighted by atomic mass is 9.79. The number of hydrogen-bond acceptors (Lipinski definition) is 3. The summed E-state index contributed by atoms with van der Waals surface area (Å²) in [6.45, 7) is 3.51. The monoisotopic (exact) mass is 240 g/mol. The Kier molecular flexibility index (Phi) is 4.05. The van der Waals surface area contributed by atoms with Gasteiger partial charge >= 0.3 is 0 Å². The molecule has 2 rings (SSSR count). The van der Waals surface area contributed by atoms with Crippen molar-refractivity contribution in [1.29, 1.82) is 0 Å². The quantitative estimate of drug-likeness (QED) is 0.683. The molecule has 1 amide bonds. The van der Waals surface area contributed by atoms with Gasteiger partial charge in [-0.3, -0.25) is 4.79 Å². The first-order valence-corrected chi connectivity index (χ1v) is 6.82. The average Bonchev–Trinajstić information content (AvgIpc) is 2.79. The second kappa shape index (κ2) is 5.36. The van der Waals surface area contributed by atoms with E-state index in [0.29, 0.717) is 12.5 Å². The summed E-state index contributed by atoms with van der Waals surface area (Å²) in [6.07, 6.45) is 5.87. The smallest absolute Gasteiger partial charge is 0.237 e. The van der Waals surface area contributed by atoms with Crippen LogP contribution >= 0.6 is 0 Å². The summed E-state index contributed by atoms with van der Waals surface area (Å²) in [4.78, 5) is 11.8. The van der Waals surface area contributed by atoms with Crippen LogP contribution in [0.1, 0.15) is 45.4 Å². The summed E-state index contributed by atoms with van der Waals surface area (Å²) in [6, 6.07) is -0.0420. The van der Waals surface area contributed by atoms with Crippen LogP contribution in [0.15, 0.2) is 0 Å². The van der Waals surface area contributed by atoms with Crippen LogP contribution < -0.4 is 10.6 Å². The highest BCUT2D eigenvalue weighted by atomic mass is 16.3. The van der Waals surface area contributed by atoms with E-state index < -0.39 is 5.60 Å². The van der Waals surface area contributed by atoms with Crippen molar-refractivity contribution in [1.82, 2.24) is 10.6 Å². The van der Waals surface area contributed by atoms with Crippen LogP contribution in [-0.4, -0.2) is 35.7 Å². The van der Waals surface area contributed by atoms with Crippen molar-refractivity contribution in [3.63, 3.8) is 0 Å². The fourth-order valence-corrected chi connectivity index (χ4v) is 3.08. The molecule has 4 nitrogen and oxygen atoms in total. The van der Waals surface area contributed by atoms with Crippen LogP contribution in [0.2, 0.25) is 0 Å². The molecule has 2 fully saturated rings. The van der Waals surface area contributed by atoms with Crippen LogP contribution in [0.4, 0.5) is 0 Å². The van der Waals surface area contributed by atoms with E-state index in [1.807, 2.05) is 0 Å². The Labute approximate surface area is 103 Å². The van der Waals surface area contributed by atoms with Crippen molar-refractivity contribution >= 4 is 5.91 Å². The van der Waals surface area contributed by atoms with Gasteiger partial charge in [-0.05, 0) is 38.1 Å². The second-order valence-electron chi connectivity index (χ2n) is 5.79. The molecule has 1 saturated heterocycles. The van der Waals surface area contributed by atoms with Crippen LogP contribution in [-0.2, 0) is 4.79 Å². The molecule has 98 valence electrons. The van der Waals surface area contributed by atoms with Gasteiger partial charge in [0.1, 0.15) is 0 Å². The molecule has 2 aliphatic rings. The van der Waals surface area contributed by atoms with Gasteiger partial charge in [-0.15, -0.1) is 0 Å². The maximum Gasteiger partial charge on any atom is 0.237 e. The lowest BCUT2D eigenvalue weighted by Gasteiger charge is -2.35. The molecule has 0 spiro atoms. The second-order valence-corrected chi connectivity index (χ2v) is 5.79. The van der Waals surface area contributed by atoms with Gasteiger partial charge in [-0.2, -0.15) is 0 Å². The van der Waals surface area contributed by atoms with E-state index >= 15 is 0 Å². The number of nitrogens with one attached hydrogen (secondary N) is 2. The molecule has 0 aromatic heterocycles. The summed E-state index contributed by atoms with van der Waals surface area (Å²) in [5.41, 5.74) is -0.675. The minimum Gasteiger partial charge on any atom is -0.388 e. The summed E-state index contributed by atoms with van der Waals surface area (Å²) >= 11 is 0. The van der Waals surface area contributed by atoms with E-state index in [-0.39, 0.29) is 11.9 Å². The Hall–Kier alpha value is -0.610. The Morgan fingerprint density at radius 3 is 2.94 bits per heavy atom. The predicted molar refractivity (Wildman–Crippen MR) is 66.6 cm³/mol. The first-order valence-electron chi connectivity index (χ1n) is 6.82. The largest absolute Gasteiger partial charge is 0.388 e. The molecule has 4 heteroatoms. The van der Waals surface area contributed by atoms with Gasteiger partial charge in [0.2, 0.25) is 5.91 Å². The molecule has 1 heterocycles. The Balaban J connectivity index is 1.78. The van der Waals surface area contributed by atoms with Gasteiger partial charge in [0.05, 0.1) is 11.6 Å². The number of hydrogen-bond donors (Lipinski definition) is 3. The molecule has 3 N–H and O–H groups in total. The molecular formula is C13H24N2O2. The first-order chi connectivity index (χ1) is 8.09. The average molecular weight is 240 g/mol. The molecule has 0 aromatic rings. The van der Waals surface area contributed by atoms with Crippen molar-refractivity contribution in [2.45, 2.75) is 57.1 Å². The molecule has 2 unspecified atom stereocenters. The highest BCUT2D eigenvalue weighted by Gasteiger charge is 2.33. The number of rotatable bonds is 3. The zero-order valence-corrected chi connectivity index (χ0v) is 10.7. The van der Waals surface area contributed by atoms with Crippen LogP contribution in [0.5, 0.6) is 0 Å². The highest BCUT2D eigenvalue weighted by molar-refractivity contribution is 5.82. The topological polar surface area (TPSA) is 61.4 Å². The van der Waals surface area contributed by atoms with Gasteiger partial charge in [-0.1, -0.05) is 19.8 Å². The van der Waals surface area contributed by atoms with Crippen molar-refractivity contribution < 1.29 is 9.90 Å². The first kappa shape index (κ1) is 12.8. The molecular weight excluding hydrogens is 216 g/mol. The van der Waals surface area contributed by atoms with E-state index in [9.17, 15) is 9.90 Å². The number of amides is 1. The number of carbonyl (C=O) groups excluding carboxylic acids is 1. The van der Waals surface area contributed by atoms with E-state index in [1.165, 1.54) is 6.42 Å². The van der Waals surface area contributed by atoms with Crippen LogP contribution in [0, 0.1) is 5.92 Å². The zero-order chi connectivity index (χ0) is 12.3. The molecule has 17 heavy (non-hydrogen) atoms. The molecule has 1 saturated carbocycles. The Morgan fingerprint density at radius 1 is 1.47 bits per heavy atom. The van der Waals surface area contributed by atoms with E-state index in [2.05, 4.69) is 17.6 Å². The van der Waals surface area contributed by atoms with Crippen LogP contribution in [0.25, 0.3) is 0 Å². The van der Waals surface area contributed by atoms with Crippen LogP contribution in [0.3, 0.4) is 0 Å². The van der Waals surface area contributed by atoms with Gasteiger partial charge in [-0.25, -0.2) is 0 Å². The summed E-state index contributed by atoms with van der Waals surface area (Å²) in [5, 5.41) is 16.5. The maximum atomic E-state index is 11.8. The van der Waals surface area contributed by atoms with Crippen molar-refractivity contribution in [2.24, 2.45) is 5.92 Å². The van der Waals surface area contributed by atoms with Gasteiger partial charge in [0.25, 0.3) is 0 Å². The van der Waals surface area contributed by atoms with Crippen molar-refractivity contribution in [3.8, 4) is 0 Å². The molecule has 0 aromatic carbocycles. The lowest BCUT2D eigenvalue weighted by molar-refractivity contribution is -0.124. The zero-order valence-electron chi connectivity index (χ0n) is 10.7. The van der Waals surface area contributed by atoms with Gasteiger partial charge < -0.3 is 15.7 Å². The third kappa shape index (κ3) is 3.42. The van der Waals surface area contributed by atoms with E-state index in [4.69, 9.17) is 0 Å². The highest BCUT2D eigenvalue weighted by Crippen LogP contribution is 2.31. The minimum absolute atomic E-state index is 0.0420. The third-order valence-electron chi connectivity index (χ3n) is 4.04. The maximum absolute atomic E-state index is 11.8. The fourth-order valence-electron chi connectivity index (χ4n) is 3.08. The standard InChI is InChI=1S/C13H24N2O2/c1-10-4-2-6-13(17,8-10)9-15-12(16)11-5-3-7-14-11/h10-11,14,17H,2-9H2,1H3,(H,15,16)/t10?,11-,13?/m1/s1. The Morgan fingerprint density at radius 2 is 2.29 bits per heavy atom. The SMILES string of the molecule is CC1CCCC(O)(CNC(=O)[C@H]2CCCN2)C1. The van der Waals surface area contributed by atoms with Gasteiger partial charge in [0.15, 0.2) is 0 Å². The van der Waals surface area contributed by atoms with Crippen molar-refractivity contribution in [3.05, 3.63) is 0 Å². The molecule has 1 aliphatic heterocycles. The molecule has 3 atom stereocenters. The molecule has 1 aliphatic carbocycles. The lowest BCUT2D eigenvalue weighted by Crippen LogP contribution is -2.49. The fraction of sp³-hybridized carbons (Fsp3) is 0.923. The van der Waals surface area contributed by atoms with Gasteiger partial charge in [0, 0.05) is 6.54 Å². The minimum atomic E-state index is -0.675. The predicted octanol–water partition coefficient (Wildman–Crippen LogP) is 0.796. The summed E-state index contributed by atoms with van der Waals surface area (Å²) in [5.74, 6) is 0.615. The van der Waals surface area contributed by atoms with E-state index in [1.54, 1.807) is 0 Å². The number of carbonyl (C=O) groups is 1. The van der Waals surface area contributed by atoms with E-state index in [0.717, 1.165) is 38.6 Å².